The summed E-state index contributed by atoms with van der Waals surface area (Å²) in [5, 5.41) is 9.54. The number of rotatable bonds is 3. The summed E-state index contributed by atoms with van der Waals surface area (Å²) in [5.41, 5.74) is 1.25. The summed E-state index contributed by atoms with van der Waals surface area (Å²) >= 11 is 3.38. The van der Waals surface area contributed by atoms with Crippen LogP contribution in [0, 0.1) is 0 Å². The molecule has 0 aliphatic carbocycles. The Kier molecular flexibility index (Phi) is 4.24. The molecule has 0 aliphatic heterocycles. The Bertz CT molecular complexity index is 992. The number of aromatic carboxylic acids is 1. The molecule has 3 rings (SSSR count). The molecule has 0 fully saturated rings. The quantitative estimate of drug-likeness (QED) is 0.738. The summed E-state index contributed by atoms with van der Waals surface area (Å²) in [7, 11) is 0. The van der Waals surface area contributed by atoms with Crippen LogP contribution in [0.4, 0.5) is 0 Å². The minimum atomic E-state index is -1.00. The van der Waals surface area contributed by atoms with Crippen molar-refractivity contribution in [3.63, 3.8) is 0 Å². The van der Waals surface area contributed by atoms with Crippen molar-refractivity contribution in [2.24, 2.45) is 0 Å². The predicted molar refractivity (Wildman–Crippen MR) is 96.1 cm³/mol. The molecular weight excluding hydrogens is 372 g/mol. The standard InChI is InChI=1S/C18H15BrN2O3/c1-10(2)16-20-15-8-5-12(19)9-14(15)17(22)21(16)13-6-3-11(4-7-13)18(23)24/h3-10H,1-2H3,(H,23,24). The van der Waals surface area contributed by atoms with Gasteiger partial charge in [0.05, 0.1) is 22.2 Å². The molecular formula is C18H15BrN2O3. The van der Waals surface area contributed by atoms with E-state index in [1.165, 1.54) is 12.1 Å². The van der Waals surface area contributed by atoms with E-state index in [1.807, 2.05) is 26.0 Å². The molecule has 3 aromatic rings. The molecule has 2 aromatic carbocycles. The van der Waals surface area contributed by atoms with Crippen molar-refractivity contribution in [2.75, 3.05) is 0 Å². The van der Waals surface area contributed by atoms with E-state index in [1.54, 1.807) is 22.8 Å². The van der Waals surface area contributed by atoms with Gasteiger partial charge in [0.1, 0.15) is 5.82 Å². The van der Waals surface area contributed by atoms with Crippen molar-refractivity contribution in [2.45, 2.75) is 19.8 Å². The van der Waals surface area contributed by atoms with E-state index in [4.69, 9.17) is 5.11 Å². The van der Waals surface area contributed by atoms with Crippen LogP contribution >= 0.6 is 15.9 Å². The lowest BCUT2D eigenvalue weighted by atomic mass is 10.1. The Morgan fingerprint density at radius 1 is 1.17 bits per heavy atom. The molecule has 6 heteroatoms. The summed E-state index contributed by atoms with van der Waals surface area (Å²) in [4.78, 5) is 28.7. The first-order chi connectivity index (χ1) is 11.4. The zero-order valence-corrected chi connectivity index (χ0v) is 14.7. The molecule has 0 amide bonds. The van der Waals surface area contributed by atoms with Crippen molar-refractivity contribution in [1.29, 1.82) is 0 Å². The first-order valence-electron chi connectivity index (χ1n) is 7.44. The number of nitrogens with zero attached hydrogens (tertiary/aromatic N) is 2. The SMILES string of the molecule is CC(C)c1nc2ccc(Br)cc2c(=O)n1-c1ccc(C(=O)O)cc1. The number of aromatic nitrogens is 2. The first-order valence-corrected chi connectivity index (χ1v) is 8.23. The molecule has 1 heterocycles. The van der Waals surface area contributed by atoms with Gasteiger partial charge in [0, 0.05) is 10.4 Å². The molecule has 0 aliphatic rings. The average Bonchev–Trinajstić information content (AvgIpc) is 2.55. The highest BCUT2D eigenvalue weighted by atomic mass is 79.9. The maximum Gasteiger partial charge on any atom is 0.335 e. The van der Waals surface area contributed by atoms with Gasteiger partial charge in [-0.3, -0.25) is 9.36 Å². The first kappa shape index (κ1) is 16.4. The minimum Gasteiger partial charge on any atom is -0.478 e. The lowest BCUT2D eigenvalue weighted by molar-refractivity contribution is 0.0697. The molecule has 0 radical (unpaired) electrons. The fourth-order valence-electron chi connectivity index (χ4n) is 2.56. The van der Waals surface area contributed by atoms with Gasteiger partial charge < -0.3 is 5.11 Å². The molecule has 24 heavy (non-hydrogen) atoms. The molecule has 1 N–H and O–H groups in total. The highest BCUT2D eigenvalue weighted by Crippen LogP contribution is 2.21. The molecule has 1 aromatic heterocycles. The maximum atomic E-state index is 13.0. The van der Waals surface area contributed by atoms with E-state index < -0.39 is 5.97 Å². The Balaban J connectivity index is 2.32. The van der Waals surface area contributed by atoms with Crippen LogP contribution in [-0.2, 0) is 0 Å². The summed E-state index contributed by atoms with van der Waals surface area (Å²) in [6.07, 6.45) is 0. The molecule has 5 nitrogen and oxygen atoms in total. The summed E-state index contributed by atoms with van der Waals surface area (Å²) < 4.78 is 2.35. The molecule has 0 saturated heterocycles. The van der Waals surface area contributed by atoms with Gasteiger partial charge in [0.15, 0.2) is 0 Å². The normalized spacial score (nSPS) is 11.2. The van der Waals surface area contributed by atoms with Gasteiger partial charge in [0.25, 0.3) is 5.56 Å². The number of benzene rings is 2. The average molecular weight is 387 g/mol. The Morgan fingerprint density at radius 3 is 2.42 bits per heavy atom. The zero-order valence-electron chi connectivity index (χ0n) is 13.2. The highest BCUT2D eigenvalue weighted by Gasteiger charge is 2.16. The van der Waals surface area contributed by atoms with Gasteiger partial charge in [-0.05, 0) is 42.5 Å². The fraction of sp³-hybridized carbons (Fsp3) is 0.167. The lowest BCUT2D eigenvalue weighted by Crippen LogP contribution is -2.24. The van der Waals surface area contributed by atoms with E-state index in [9.17, 15) is 9.59 Å². The second-order valence-corrected chi connectivity index (χ2v) is 6.69. The predicted octanol–water partition coefficient (Wildman–Crippen LogP) is 3.97. The number of carboxylic acids is 1. The minimum absolute atomic E-state index is 0.0323. The molecule has 0 atom stereocenters. The van der Waals surface area contributed by atoms with Gasteiger partial charge in [-0.25, -0.2) is 9.78 Å². The van der Waals surface area contributed by atoms with E-state index in [0.29, 0.717) is 22.4 Å². The smallest absolute Gasteiger partial charge is 0.335 e. The van der Waals surface area contributed by atoms with Crippen molar-refractivity contribution >= 4 is 32.8 Å². The monoisotopic (exact) mass is 386 g/mol. The van der Waals surface area contributed by atoms with Crippen LogP contribution in [0.15, 0.2) is 51.7 Å². The van der Waals surface area contributed by atoms with Crippen molar-refractivity contribution in [3.8, 4) is 5.69 Å². The third kappa shape index (κ3) is 2.85. The number of hydrogen-bond donors (Lipinski definition) is 1. The second-order valence-electron chi connectivity index (χ2n) is 5.78. The fourth-order valence-corrected chi connectivity index (χ4v) is 2.93. The number of fused-ring (bicyclic) bond motifs is 1. The van der Waals surface area contributed by atoms with E-state index in [2.05, 4.69) is 20.9 Å². The van der Waals surface area contributed by atoms with E-state index >= 15 is 0 Å². The summed E-state index contributed by atoms with van der Waals surface area (Å²) in [5.74, 6) is -0.332. The third-order valence-electron chi connectivity index (χ3n) is 3.75. The van der Waals surface area contributed by atoms with Crippen molar-refractivity contribution < 1.29 is 9.90 Å². The maximum absolute atomic E-state index is 13.0. The Labute approximate surface area is 146 Å². The number of hydrogen-bond acceptors (Lipinski definition) is 3. The van der Waals surface area contributed by atoms with Gasteiger partial charge in [-0.15, -0.1) is 0 Å². The Hall–Kier alpha value is -2.47. The van der Waals surface area contributed by atoms with Crippen molar-refractivity contribution in [1.82, 2.24) is 9.55 Å². The van der Waals surface area contributed by atoms with Crippen LogP contribution < -0.4 is 5.56 Å². The molecule has 0 spiro atoms. The number of carboxylic acid groups (broad SMARTS) is 1. The van der Waals surface area contributed by atoms with Crippen LogP contribution in [0.1, 0.15) is 35.9 Å². The molecule has 122 valence electrons. The zero-order chi connectivity index (χ0) is 17.4. The second kappa shape index (κ2) is 6.20. The van der Waals surface area contributed by atoms with Crippen LogP contribution in [0.25, 0.3) is 16.6 Å². The third-order valence-corrected chi connectivity index (χ3v) is 4.24. The molecule has 0 unspecified atom stereocenters. The summed E-state index contributed by atoms with van der Waals surface area (Å²) in [6, 6.07) is 11.6. The number of halogens is 1. The Morgan fingerprint density at radius 2 is 1.83 bits per heavy atom. The van der Waals surface area contributed by atoms with Gasteiger partial charge in [-0.1, -0.05) is 29.8 Å². The topological polar surface area (TPSA) is 72.2 Å². The van der Waals surface area contributed by atoms with Crippen LogP contribution in [0.2, 0.25) is 0 Å². The van der Waals surface area contributed by atoms with Gasteiger partial charge in [-0.2, -0.15) is 0 Å². The lowest BCUT2D eigenvalue weighted by Gasteiger charge is -2.16. The highest BCUT2D eigenvalue weighted by molar-refractivity contribution is 9.10. The van der Waals surface area contributed by atoms with Crippen LogP contribution in [-0.4, -0.2) is 20.6 Å². The van der Waals surface area contributed by atoms with E-state index in [0.717, 1.165) is 4.47 Å². The molecule has 0 saturated carbocycles. The van der Waals surface area contributed by atoms with Gasteiger partial charge >= 0.3 is 5.97 Å². The van der Waals surface area contributed by atoms with Gasteiger partial charge in [0.2, 0.25) is 0 Å². The molecule has 0 bridgehead atoms. The largest absolute Gasteiger partial charge is 0.478 e. The van der Waals surface area contributed by atoms with Crippen LogP contribution in [0.5, 0.6) is 0 Å². The summed E-state index contributed by atoms with van der Waals surface area (Å²) in [6.45, 7) is 3.93. The number of carbonyl (C=O) groups is 1. The van der Waals surface area contributed by atoms with Crippen molar-refractivity contribution in [3.05, 3.63) is 68.7 Å². The van der Waals surface area contributed by atoms with E-state index in [-0.39, 0.29) is 17.0 Å². The van der Waals surface area contributed by atoms with Crippen LogP contribution in [0.3, 0.4) is 0 Å².